The van der Waals surface area contributed by atoms with Crippen molar-refractivity contribution in [3.8, 4) is 0 Å². The van der Waals surface area contributed by atoms with Gasteiger partial charge in [0.15, 0.2) is 0 Å². The maximum Gasteiger partial charge on any atom is 0.0681 e. The topological polar surface area (TPSA) is 66.6 Å². The van der Waals surface area contributed by atoms with Gasteiger partial charge in [-0.15, -0.1) is 0 Å². The Hall–Kier alpha value is -1.48. The molecule has 1 aromatic heterocycles. The monoisotopic (exact) mass is 165 g/mol. The lowest BCUT2D eigenvalue weighted by molar-refractivity contribution is 0.618. The first-order valence-corrected chi connectivity index (χ1v) is 3.82. The molecule has 0 bridgehead atoms. The molecule has 0 amide bonds. The number of hydrogen-bond donors (Lipinski definition) is 0. The van der Waals surface area contributed by atoms with Gasteiger partial charge in [-0.1, -0.05) is 5.11 Å². The Bertz CT molecular complexity index is 308. The molecule has 0 saturated carbocycles. The zero-order valence-corrected chi connectivity index (χ0v) is 7.23. The molecule has 0 saturated heterocycles. The average Bonchev–Trinajstić information content (AvgIpc) is 2.42. The van der Waals surface area contributed by atoms with Crippen LogP contribution in [0.1, 0.15) is 18.3 Å². The molecule has 0 aliphatic rings. The molecule has 1 rings (SSSR count). The van der Waals surface area contributed by atoms with E-state index in [2.05, 4.69) is 15.1 Å². The molecule has 5 nitrogen and oxygen atoms in total. The van der Waals surface area contributed by atoms with Gasteiger partial charge in [-0.2, -0.15) is 5.10 Å². The summed E-state index contributed by atoms with van der Waals surface area (Å²) < 4.78 is 1.84. The van der Waals surface area contributed by atoms with Gasteiger partial charge in [0.2, 0.25) is 0 Å². The van der Waals surface area contributed by atoms with Crippen molar-refractivity contribution in [2.24, 2.45) is 5.11 Å². The maximum atomic E-state index is 8.13. The summed E-state index contributed by atoms with van der Waals surface area (Å²) in [7, 11) is 0. The van der Waals surface area contributed by atoms with Gasteiger partial charge in [0, 0.05) is 17.2 Å². The van der Waals surface area contributed by atoms with Crippen molar-refractivity contribution in [3.05, 3.63) is 27.9 Å². The number of nitrogens with zero attached hydrogens (tertiary/aromatic N) is 5. The van der Waals surface area contributed by atoms with E-state index in [1.165, 1.54) is 0 Å². The van der Waals surface area contributed by atoms with E-state index in [9.17, 15) is 0 Å². The third-order valence-corrected chi connectivity index (χ3v) is 1.58. The summed E-state index contributed by atoms with van der Waals surface area (Å²) in [5.41, 5.74) is 10.1. The first-order chi connectivity index (χ1) is 5.77. The van der Waals surface area contributed by atoms with Crippen molar-refractivity contribution >= 4 is 0 Å². The third kappa shape index (κ3) is 1.77. The summed E-state index contributed by atoms with van der Waals surface area (Å²) in [4.78, 5) is 2.70. The predicted molar refractivity (Wildman–Crippen MR) is 45.5 cm³/mol. The van der Waals surface area contributed by atoms with Gasteiger partial charge in [0.05, 0.1) is 12.2 Å². The summed E-state index contributed by atoms with van der Waals surface area (Å²) in [6.07, 6.45) is 0. The second-order valence-corrected chi connectivity index (χ2v) is 2.48. The Kier molecular flexibility index (Phi) is 2.71. The molecule has 0 aliphatic heterocycles. The number of hydrogen-bond acceptors (Lipinski definition) is 2. The van der Waals surface area contributed by atoms with E-state index in [-0.39, 0.29) is 0 Å². The SMILES string of the molecule is CCn1nc(C)cc1CN=[N+]=[N-]. The molecule has 0 aromatic carbocycles. The highest BCUT2D eigenvalue weighted by atomic mass is 15.3. The van der Waals surface area contributed by atoms with Crippen molar-refractivity contribution in [3.63, 3.8) is 0 Å². The van der Waals surface area contributed by atoms with Crippen molar-refractivity contribution in [2.45, 2.75) is 26.9 Å². The largest absolute Gasteiger partial charge is 0.269 e. The molecule has 1 heterocycles. The van der Waals surface area contributed by atoms with E-state index in [1.807, 2.05) is 24.6 Å². The molecule has 0 radical (unpaired) electrons. The predicted octanol–water partition coefficient (Wildman–Crippen LogP) is 2.02. The van der Waals surface area contributed by atoms with Crippen molar-refractivity contribution in [1.29, 1.82) is 0 Å². The standard InChI is InChI=1S/C7H11N5/c1-3-12-7(5-9-11-8)4-6(2)10-12/h4H,3,5H2,1-2H3. The molecule has 0 spiro atoms. The first-order valence-electron chi connectivity index (χ1n) is 3.82. The van der Waals surface area contributed by atoms with Crippen LogP contribution in [0.25, 0.3) is 10.4 Å². The highest BCUT2D eigenvalue weighted by Gasteiger charge is 2.00. The number of aromatic nitrogens is 2. The molecule has 0 aliphatic carbocycles. The molecule has 0 fully saturated rings. The summed E-state index contributed by atoms with van der Waals surface area (Å²) in [5, 5.41) is 7.70. The fourth-order valence-corrected chi connectivity index (χ4v) is 1.10. The van der Waals surface area contributed by atoms with Crippen molar-refractivity contribution in [1.82, 2.24) is 9.78 Å². The molecule has 0 atom stereocenters. The molecule has 5 heteroatoms. The molecule has 1 aromatic rings. The average molecular weight is 165 g/mol. The van der Waals surface area contributed by atoms with E-state index in [0.717, 1.165) is 17.9 Å². The van der Waals surface area contributed by atoms with Crippen LogP contribution in [0.15, 0.2) is 11.2 Å². The van der Waals surface area contributed by atoms with Gasteiger partial charge < -0.3 is 0 Å². The second kappa shape index (κ2) is 3.78. The summed E-state index contributed by atoms with van der Waals surface area (Å²) in [5.74, 6) is 0. The fraction of sp³-hybridized carbons (Fsp3) is 0.571. The molecule has 0 unspecified atom stereocenters. The maximum absolute atomic E-state index is 8.13. The summed E-state index contributed by atoms with van der Waals surface area (Å²) >= 11 is 0. The molecular weight excluding hydrogens is 154 g/mol. The normalized spacial score (nSPS) is 9.50. The van der Waals surface area contributed by atoms with Crippen LogP contribution in [0.5, 0.6) is 0 Å². The van der Waals surface area contributed by atoms with Crippen LogP contribution < -0.4 is 0 Å². The van der Waals surface area contributed by atoms with Crippen LogP contribution >= 0.6 is 0 Å². The quantitative estimate of drug-likeness (QED) is 0.384. The van der Waals surface area contributed by atoms with Crippen molar-refractivity contribution < 1.29 is 0 Å². The highest BCUT2D eigenvalue weighted by molar-refractivity contribution is 5.08. The van der Waals surface area contributed by atoms with E-state index in [1.54, 1.807) is 0 Å². The third-order valence-electron chi connectivity index (χ3n) is 1.58. The van der Waals surface area contributed by atoms with Crippen LogP contribution in [-0.4, -0.2) is 9.78 Å². The van der Waals surface area contributed by atoms with Crippen LogP contribution in [0.2, 0.25) is 0 Å². The van der Waals surface area contributed by atoms with Gasteiger partial charge >= 0.3 is 0 Å². The van der Waals surface area contributed by atoms with Crippen LogP contribution in [0.4, 0.5) is 0 Å². The Morgan fingerprint density at radius 3 is 3.08 bits per heavy atom. The highest BCUT2D eigenvalue weighted by Crippen LogP contribution is 2.04. The molecule has 64 valence electrons. The summed E-state index contributed by atoms with van der Waals surface area (Å²) in [6.45, 7) is 5.12. The smallest absolute Gasteiger partial charge is 0.0681 e. The zero-order chi connectivity index (χ0) is 8.97. The Morgan fingerprint density at radius 1 is 1.75 bits per heavy atom. The Balaban J connectivity index is 2.88. The van der Waals surface area contributed by atoms with Crippen LogP contribution in [0.3, 0.4) is 0 Å². The number of azide groups is 1. The van der Waals surface area contributed by atoms with Gasteiger partial charge in [0.1, 0.15) is 0 Å². The lowest BCUT2D eigenvalue weighted by Crippen LogP contribution is -2.01. The van der Waals surface area contributed by atoms with Crippen molar-refractivity contribution in [2.75, 3.05) is 0 Å². The molecule has 12 heavy (non-hydrogen) atoms. The van der Waals surface area contributed by atoms with Gasteiger partial charge in [-0.3, -0.25) is 4.68 Å². The number of rotatable bonds is 3. The Morgan fingerprint density at radius 2 is 2.50 bits per heavy atom. The lowest BCUT2D eigenvalue weighted by Gasteiger charge is -1.98. The summed E-state index contributed by atoms with van der Waals surface area (Å²) in [6, 6.07) is 1.93. The van der Waals surface area contributed by atoms with Crippen LogP contribution in [-0.2, 0) is 13.1 Å². The molecular formula is C7H11N5. The fourth-order valence-electron chi connectivity index (χ4n) is 1.10. The van der Waals surface area contributed by atoms with Crippen LogP contribution in [0, 0.1) is 6.92 Å². The van der Waals surface area contributed by atoms with E-state index in [4.69, 9.17) is 5.53 Å². The molecule has 0 N–H and O–H groups in total. The first kappa shape index (κ1) is 8.62. The van der Waals surface area contributed by atoms with E-state index in [0.29, 0.717) is 6.54 Å². The van der Waals surface area contributed by atoms with E-state index >= 15 is 0 Å². The van der Waals surface area contributed by atoms with Gasteiger partial charge in [-0.25, -0.2) is 0 Å². The van der Waals surface area contributed by atoms with Gasteiger partial charge in [-0.05, 0) is 25.4 Å². The minimum Gasteiger partial charge on any atom is -0.269 e. The Labute approximate surface area is 70.6 Å². The minimum atomic E-state index is 0.380. The zero-order valence-electron chi connectivity index (χ0n) is 7.23. The van der Waals surface area contributed by atoms with Gasteiger partial charge in [0.25, 0.3) is 0 Å². The number of aryl methyl sites for hydroxylation is 2. The lowest BCUT2D eigenvalue weighted by atomic mass is 10.4. The van der Waals surface area contributed by atoms with E-state index < -0.39 is 0 Å². The minimum absolute atomic E-state index is 0.380. The second-order valence-electron chi connectivity index (χ2n) is 2.48.